The minimum Gasteiger partial charge on any atom is -0.497 e. The van der Waals surface area contributed by atoms with E-state index in [1.165, 1.54) is 6.08 Å². The molecule has 0 fully saturated rings. The highest BCUT2D eigenvalue weighted by atomic mass is 16.6. The van der Waals surface area contributed by atoms with Gasteiger partial charge in [-0.15, -0.1) is 0 Å². The normalized spacial score (nSPS) is 12.5. The monoisotopic (exact) mass is 386 g/mol. The van der Waals surface area contributed by atoms with Crippen molar-refractivity contribution in [2.45, 2.75) is 6.61 Å². The molecule has 0 saturated heterocycles. The molecule has 0 spiro atoms. The molecule has 3 rings (SSSR count). The first-order chi connectivity index (χ1) is 13.6. The summed E-state index contributed by atoms with van der Waals surface area (Å²) in [4.78, 5) is 12.1. The molecule has 0 aromatic heterocycles. The van der Waals surface area contributed by atoms with Crippen LogP contribution in [0.25, 0.3) is 6.08 Å². The van der Waals surface area contributed by atoms with Crippen molar-refractivity contribution < 1.29 is 33.2 Å². The van der Waals surface area contributed by atoms with Gasteiger partial charge in [0.2, 0.25) is 5.75 Å². The number of fused-ring (bicyclic) bond motifs is 1. The van der Waals surface area contributed by atoms with Gasteiger partial charge in [0.25, 0.3) is 0 Å². The number of benzene rings is 2. The van der Waals surface area contributed by atoms with Gasteiger partial charge in [-0.2, -0.15) is 0 Å². The number of methoxy groups -OCH3 is 3. The molecule has 28 heavy (non-hydrogen) atoms. The Kier molecular flexibility index (Phi) is 6.26. The van der Waals surface area contributed by atoms with Crippen LogP contribution in [0.15, 0.2) is 36.4 Å². The molecular weight excluding hydrogens is 364 g/mol. The van der Waals surface area contributed by atoms with Gasteiger partial charge in [-0.3, -0.25) is 0 Å². The van der Waals surface area contributed by atoms with E-state index in [2.05, 4.69) is 0 Å². The van der Waals surface area contributed by atoms with Crippen LogP contribution in [0, 0.1) is 0 Å². The van der Waals surface area contributed by atoms with Crippen molar-refractivity contribution in [1.29, 1.82) is 0 Å². The van der Waals surface area contributed by atoms with E-state index in [1.54, 1.807) is 57.7 Å². The second kappa shape index (κ2) is 9.03. The van der Waals surface area contributed by atoms with E-state index in [0.29, 0.717) is 47.5 Å². The Morgan fingerprint density at radius 1 is 1.00 bits per heavy atom. The smallest absolute Gasteiger partial charge is 0.331 e. The SMILES string of the molecule is COc1ccc(OC)c(COC(=O)/C=C/c2cc(OC)c3c(c2)OCCO3)c1. The minimum atomic E-state index is -0.487. The molecule has 0 saturated carbocycles. The Morgan fingerprint density at radius 2 is 1.79 bits per heavy atom. The van der Waals surface area contributed by atoms with Gasteiger partial charge < -0.3 is 28.4 Å². The van der Waals surface area contributed by atoms with Gasteiger partial charge in [0, 0.05) is 11.6 Å². The molecule has 0 radical (unpaired) electrons. The molecule has 1 aliphatic rings. The lowest BCUT2D eigenvalue weighted by Gasteiger charge is -2.20. The van der Waals surface area contributed by atoms with Gasteiger partial charge in [-0.25, -0.2) is 4.79 Å². The lowest BCUT2D eigenvalue weighted by Crippen LogP contribution is -2.16. The second-order valence-electron chi connectivity index (χ2n) is 5.87. The molecule has 0 unspecified atom stereocenters. The number of hydrogen-bond acceptors (Lipinski definition) is 7. The first-order valence-electron chi connectivity index (χ1n) is 8.68. The third-order valence-corrected chi connectivity index (χ3v) is 4.12. The second-order valence-corrected chi connectivity index (χ2v) is 5.87. The van der Waals surface area contributed by atoms with Crippen LogP contribution in [-0.2, 0) is 16.1 Å². The summed E-state index contributed by atoms with van der Waals surface area (Å²) in [5.41, 5.74) is 1.45. The molecule has 1 aliphatic heterocycles. The minimum absolute atomic E-state index is 0.0635. The highest BCUT2D eigenvalue weighted by molar-refractivity contribution is 5.87. The highest BCUT2D eigenvalue weighted by Crippen LogP contribution is 2.40. The van der Waals surface area contributed by atoms with Crippen molar-refractivity contribution in [3.8, 4) is 28.7 Å². The Hall–Kier alpha value is -3.35. The zero-order valence-electron chi connectivity index (χ0n) is 16.0. The van der Waals surface area contributed by atoms with Crippen molar-refractivity contribution in [3.05, 3.63) is 47.5 Å². The topological polar surface area (TPSA) is 72.5 Å². The van der Waals surface area contributed by atoms with Gasteiger partial charge in [0.1, 0.15) is 31.3 Å². The maximum absolute atomic E-state index is 12.1. The van der Waals surface area contributed by atoms with Gasteiger partial charge in [-0.1, -0.05) is 0 Å². The average molecular weight is 386 g/mol. The molecule has 0 aliphatic carbocycles. The fraction of sp³-hybridized carbons (Fsp3) is 0.286. The number of hydrogen-bond donors (Lipinski definition) is 0. The molecule has 2 aromatic rings. The summed E-state index contributed by atoms with van der Waals surface area (Å²) in [6.45, 7) is 1.00. The molecule has 7 nitrogen and oxygen atoms in total. The van der Waals surface area contributed by atoms with Crippen LogP contribution < -0.4 is 23.7 Å². The summed E-state index contributed by atoms with van der Waals surface area (Å²) in [5.74, 6) is 2.49. The molecule has 0 bridgehead atoms. The predicted octanol–water partition coefficient (Wildman–Crippen LogP) is 3.24. The summed E-state index contributed by atoms with van der Waals surface area (Å²) in [7, 11) is 4.68. The largest absolute Gasteiger partial charge is 0.497 e. The van der Waals surface area contributed by atoms with Crippen LogP contribution in [0.4, 0.5) is 0 Å². The number of esters is 1. The Balaban J connectivity index is 1.68. The Bertz CT molecular complexity index is 856. The van der Waals surface area contributed by atoms with Crippen molar-refractivity contribution >= 4 is 12.0 Å². The quantitative estimate of drug-likeness (QED) is 0.534. The number of carbonyl (C=O) groups excluding carboxylic acids is 1. The van der Waals surface area contributed by atoms with E-state index < -0.39 is 5.97 Å². The fourth-order valence-electron chi connectivity index (χ4n) is 2.75. The maximum Gasteiger partial charge on any atom is 0.331 e. The number of rotatable bonds is 7. The lowest BCUT2D eigenvalue weighted by molar-refractivity contribution is -0.138. The predicted molar refractivity (Wildman–Crippen MR) is 102 cm³/mol. The van der Waals surface area contributed by atoms with E-state index in [4.69, 9.17) is 28.4 Å². The van der Waals surface area contributed by atoms with Crippen LogP contribution in [0.2, 0.25) is 0 Å². The van der Waals surface area contributed by atoms with E-state index in [9.17, 15) is 4.79 Å². The third-order valence-electron chi connectivity index (χ3n) is 4.12. The van der Waals surface area contributed by atoms with Crippen LogP contribution in [-0.4, -0.2) is 40.5 Å². The van der Waals surface area contributed by atoms with E-state index in [1.807, 2.05) is 0 Å². The molecule has 1 heterocycles. The maximum atomic E-state index is 12.1. The van der Waals surface area contributed by atoms with Gasteiger partial charge in [0.15, 0.2) is 11.5 Å². The zero-order valence-corrected chi connectivity index (χ0v) is 16.0. The zero-order chi connectivity index (χ0) is 19.9. The van der Waals surface area contributed by atoms with Crippen LogP contribution in [0.1, 0.15) is 11.1 Å². The first kappa shape index (κ1) is 19.4. The van der Waals surface area contributed by atoms with E-state index >= 15 is 0 Å². The highest BCUT2D eigenvalue weighted by Gasteiger charge is 2.18. The molecule has 2 aromatic carbocycles. The molecule has 0 N–H and O–H groups in total. The number of ether oxygens (including phenoxy) is 6. The average Bonchev–Trinajstić information content (AvgIpc) is 2.75. The summed E-state index contributed by atoms with van der Waals surface area (Å²) < 4.78 is 32.3. The van der Waals surface area contributed by atoms with Crippen LogP contribution in [0.3, 0.4) is 0 Å². The van der Waals surface area contributed by atoms with Crippen molar-refractivity contribution in [2.24, 2.45) is 0 Å². The van der Waals surface area contributed by atoms with Crippen molar-refractivity contribution in [3.63, 3.8) is 0 Å². The van der Waals surface area contributed by atoms with Gasteiger partial charge >= 0.3 is 5.97 Å². The van der Waals surface area contributed by atoms with Crippen LogP contribution in [0.5, 0.6) is 28.7 Å². The summed E-state index contributed by atoms with van der Waals surface area (Å²) in [5, 5.41) is 0. The van der Waals surface area contributed by atoms with Gasteiger partial charge in [0.05, 0.1) is 21.3 Å². The first-order valence-corrected chi connectivity index (χ1v) is 8.68. The fourth-order valence-corrected chi connectivity index (χ4v) is 2.75. The number of carbonyl (C=O) groups is 1. The standard InChI is InChI=1S/C21H22O7/c1-23-16-5-6-17(24-2)15(12-16)13-28-20(22)7-4-14-10-18(25-3)21-19(11-14)26-8-9-27-21/h4-7,10-12H,8-9,13H2,1-3H3/b7-4+. The molecule has 148 valence electrons. The van der Waals surface area contributed by atoms with Crippen LogP contribution >= 0.6 is 0 Å². The van der Waals surface area contributed by atoms with E-state index in [-0.39, 0.29) is 6.61 Å². The lowest BCUT2D eigenvalue weighted by atomic mass is 10.1. The Labute approximate surface area is 163 Å². The molecule has 0 amide bonds. The summed E-state index contributed by atoms with van der Waals surface area (Å²) >= 11 is 0. The van der Waals surface area contributed by atoms with Crippen molar-refractivity contribution in [2.75, 3.05) is 34.5 Å². The summed E-state index contributed by atoms with van der Waals surface area (Å²) in [6.07, 6.45) is 2.98. The molecular formula is C21H22O7. The van der Waals surface area contributed by atoms with Gasteiger partial charge in [-0.05, 0) is 42.0 Å². The van der Waals surface area contributed by atoms with Crippen molar-refractivity contribution in [1.82, 2.24) is 0 Å². The van der Waals surface area contributed by atoms with E-state index in [0.717, 1.165) is 5.56 Å². The Morgan fingerprint density at radius 3 is 2.54 bits per heavy atom. The third kappa shape index (κ3) is 4.49. The molecule has 0 atom stereocenters. The molecule has 7 heteroatoms. The summed E-state index contributed by atoms with van der Waals surface area (Å²) in [6, 6.07) is 8.86.